The Morgan fingerprint density at radius 1 is 1.07 bits per heavy atom. The molecule has 0 saturated carbocycles. The van der Waals surface area contributed by atoms with E-state index in [0.29, 0.717) is 24.5 Å². The number of nitrogens with one attached hydrogen (secondary N) is 1. The first-order valence-electron chi connectivity index (χ1n) is 9.53. The average molecular weight is 390 g/mol. The van der Waals surface area contributed by atoms with Crippen LogP contribution in [0, 0.1) is 19.7 Å². The maximum absolute atomic E-state index is 14.4. The highest BCUT2D eigenvalue weighted by molar-refractivity contribution is 5.90. The Bertz CT molecular complexity index is 1170. The molecule has 0 radical (unpaired) electrons. The number of hydrogen-bond donors (Lipinski definition) is 1. The maximum atomic E-state index is 14.4. The molecule has 0 unspecified atom stereocenters. The summed E-state index contributed by atoms with van der Waals surface area (Å²) in [5.74, 6) is 0.766. The topological polar surface area (TPSA) is 52.0 Å². The van der Waals surface area contributed by atoms with Crippen molar-refractivity contribution in [1.82, 2.24) is 14.5 Å². The van der Waals surface area contributed by atoms with Gasteiger partial charge in [-0.05, 0) is 55.8 Å². The Labute approximate surface area is 169 Å². The number of aromatic nitrogens is 3. The van der Waals surface area contributed by atoms with Crippen LogP contribution >= 0.6 is 0 Å². The molecular weight excluding hydrogens is 367 g/mol. The fourth-order valence-corrected chi connectivity index (χ4v) is 3.30. The number of benzene rings is 2. The van der Waals surface area contributed by atoms with Crippen molar-refractivity contribution >= 4 is 16.6 Å². The molecule has 0 bridgehead atoms. The number of fused-ring (bicyclic) bond motifs is 1. The lowest BCUT2D eigenvalue weighted by Crippen LogP contribution is -2.08. The normalized spacial score (nSPS) is 11.2. The van der Waals surface area contributed by atoms with Gasteiger partial charge in [0.2, 0.25) is 0 Å². The molecule has 29 heavy (non-hydrogen) atoms. The third kappa shape index (κ3) is 3.71. The number of halogens is 1. The standard InChI is InChI=1S/C23H23FN4O/c1-15-10-12-28(16(15)2)23-19-14-17(25-11-13-29-3)8-9-21(19)26-22(27-23)18-6-4-5-7-20(18)24/h4-10,12,14,25H,11,13H2,1-3H3. The SMILES string of the molecule is COCCNc1ccc2nc(-c3ccccc3F)nc(-n3ccc(C)c3C)c2c1. The maximum Gasteiger partial charge on any atom is 0.165 e. The molecule has 0 aliphatic carbocycles. The predicted molar refractivity (Wildman–Crippen MR) is 114 cm³/mol. The molecule has 4 aromatic rings. The highest BCUT2D eigenvalue weighted by Crippen LogP contribution is 2.29. The summed E-state index contributed by atoms with van der Waals surface area (Å²) < 4.78 is 21.6. The highest BCUT2D eigenvalue weighted by Gasteiger charge is 2.15. The van der Waals surface area contributed by atoms with Crippen molar-refractivity contribution in [3.05, 3.63) is 71.8 Å². The van der Waals surface area contributed by atoms with Gasteiger partial charge in [0, 0.05) is 36.6 Å². The number of aryl methyl sites for hydroxylation is 1. The van der Waals surface area contributed by atoms with Crippen LogP contribution in [0.4, 0.5) is 10.1 Å². The van der Waals surface area contributed by atoms with Crippen molar-refractivity contribution in [2.24, 2.45) is 0 Å². The summed E-state index contributed by atoms with van der Waals surface area (Å²) in [5, 5.41) is 4.24. The second-order valence-electron chi connectivity index (χ2n) is 6.96. The van der Waals surface area contributed by atoms with Gasteiger partial charge >= 0.3 is 0 Å². The van der Waals surface area contributed by atoms with Crippen molar-refractivity contribution in [2.75, 3.05) is 25.6 Å². The Kier molecular flexibility index (Phi) is 5.27. The third-order valence-corrected chi connectivity index (χ3v) is 5.06. The summed E-state index contributed by atoms with van der Waals surface area (Å²) in [6, 6.07) is 14.6. The fraction of sp³-hybridized carbons (Fsp3) is 0.217. The number of anilines is 1. The first-order chi connectivity index (χ1) is 14.1. The molecule has 1 N–H and O–H groups in total. The van der Waals surface area contributed by atoms with Crippen molar-refractivity contribution in [3.63, 3.8) is 0 Å². The van der Waals surface area contributed by atoms with Crippen LogP contribution < -0.4 is 5.32 Å². The van der Waals surface area contributed by atoms with E-state index in [-0.39, 0.29) is 5.82 Å². The number of nitrogens with zero attached hydrogens (tertiary/aromatic N) is 3. The Morgan fingerprint density at radius 3 is 2.62 bits per heavy atom. The molecule has 4 rings (SSSR count). The molecule has 2 heterocycles. The lowest BCUT2D eigenvalue weighted by Gasteiger charge is -2.14. The second-order valence-corrected chi connectivity index (χ2v) is 6.96. The first-order valence-corrected chi connectivity index (χ1v) is 9.53. The molecule has 0 saturated heterocycles. The second kappa shape index (κ2) is 8.01. The summed E-state index contributed by atoms with van der Waals surface area (Å²) in [4.78, 5) is 9.42. The molecule has 2 aromatic heterocycles. The van der Waals surface area contributed by atoms with Crippen molar-refractivity contribution in [1.29, 1.82) is 0 Å². The van der Waals surface area contributed by atoms with Gasteiger partial charge in [-0.25, -0.2) is 14.4 Å². The summed E-state index contributed by atoms with van der Waals surface area (Å²) in [7, 11) is 1.68. The molecule has 0 amide bonds. The van der Waals surface area contributed by atoms with E-state index in [1.165, 1.54) is 11.6 Å². The van der Waals surface area contributed by atoms with Gasteiger partial charge in [-0.1, -0.05) is 12.1 Å². The predicted octanol–water partition coefficient (Wildman–Crippen LogP) is 4.90. The van der Waals surface area contributed by atoms with Gasteiger partial charge in [0.25, 0.3) is 0 Å². The summed E-state index contributed by atoms with van der Waals surface area (Å²) >= 11 is 0. The van der Waals surface area contributed by atoms with Crippen LogP contribution in [0.3, 0.4) is 0 Å². The molecule has 0 fully saturated rings. The largest absolute Gasteiger partial charge is 0.383 e. The number of ether oxygens (including phenoxy) is 1. The van der Waals surface area contributed by atoms with Gasteiger partial charge in [-0.3, -0.25) is 0 Å². The van der Waals surface area contributed by atoms with E-state index >= 15 is 0 Å². The lowest BCUT2D eigenvalue weighted by molar-refractivity contribution is 0.211. The smallest absolute Gasteiger partial charge is 0.165 e. The van der Waals surface area contributed by atoms with Crippen molar-refractivity contribution < 1.29 is 9.13 Å². The molecule has 0 spiro atoms. The van der Waals surface area contributed by atoms with Crippen LogP contribution in [0.15, 0.2) is 54.7 Å². The van der Waals surface area contributed by atoms with Gasteiger partial charge in [-0.2, -0.15) is 0 Å². The molecule has 2 aromatic carbocycles. The molecule has 148 valence electrons. The molecule has 0 aliphatic heterocycles. The average Bonchev–Trinajstić information content (AvgIpc) is 3.06. The van der Waals surface area contributed by atoms with Crippen molar-refractivity contribution in [3.8, 4) is 17.2 Å². The molecular formula is C23H23FN4O. The zero-order valence-corrected chi connectivity index (χ0v) is 16.7. The Hall–Kier alpha value is -3.25. The third-order valence-electron chi connectivity index (χ3n) is 5.06. The summed E-state index contributed by atoms with van der Waals surface area (Å²) in [5.41, 5.74) is 4.36. The number of methoxy groups -OCH3 is 1. The lowest BCUT2D eigenvalue weighted by atomic mass is 10.1. The van der Waals surface area contributed by atoms with Gasteiger partial charge in [-0.15, -0.1) is 0 Å². The van der Waals surface area contributed by atoms with Gasteiger partial charge in [0.1, 0.15) is 11.6 Å². The van der Waals surface area contributed by atoms with Crippen LogP contribution in [-0.4, -0.2) is 34.8 Å². The van der Waals surface area contributed by atoms with Gasteiger partial charge < -0.3 is 14.6 Å². The molecule has 0 aliphatic rings. The van der Waals surface area contributed by atoms with Crippen LogP contribution in [0.25, 0.3) is 28.1 Å². The van der Waals surface area contributed by atoms with E-state index < -0.39 is 0 Å². The van der Waals surface area contributed by atoms with E-state index in [9.17, 15) is 4.39 Å². The molecule has 6 heteroatoms. The van der Waals surface area contributed by atoms with Crippen LogP contribution in [-0.2, 0) is 4.74 Å². The fourth-order valence-electron chi connectivity index (χ4n) is 3.30. The summed E-state index contributed by atoms with van der Waals surface area (Å²) in [6.07, 6.45) is 1.99. The number of rotatable bonds is 6. The van der Waals surface area contributed by atoms with Crippen LogP contribution in [0.2, 0.25) is 0 Å². The first kappa shape index (κ1) is 19.1. The number of hydrogen-bond acceptors (Lipinski definition) is 4. The summed E-state index contributed by atoms with van der Waals surface area (Å²) in [6.45, 7) is 5.42. The monoisotopic (exact) mass is 390 g/mol. The van der Waals surface area contributed by atoms with Gasteiger partial charge in [0.05, 0.1) is 17.7 Å². The Balaban J connectivity index is 1.92. The highest BCUT2D eigenvalue weighted by atomic mass is 19.1. The quantitative estimate of drug-likeness (QED) is 0.476. The van der Waals surface area contributed by atoms with E-state index in [0.717, 1.165) is 28.1 Å². The zero-order valence-electron chi connectivity index (χ0n) is 16.7. The zero-order chi connectivity index (χ0) is 20.4. The molecule has 5 nitrogen and oxygen atoms in total. The van der Waals surface area contributed by atoms with Crippen molar-refractivity contribution in [2.45, 2.75) is 13.8 Å². The Morgan fingerprint density at radius 2 is 1.90 bits per heavy atom. The minimum Gasteiger partial charge on any atom is -0.383 e. The van der Waals surface area contributed by atoms with Crippen LogP contribution in [0.5, 0.6) is 0 Å². The minimum absolute atomic E-state index is 0.337. The van der Waals surface area contributed by atoms with E-state index in [4.69, 9.17) is 9.72 Å². The van der Waals surface area contributed by atoms with Crippen LogP contribution in [0.1, 0.15) is 11.3 Å². The van der Waals surface area contributed by atoms with E-state index in [1.807, 2.05) is 42.0 Å². The minimum atomic E-state index is -0.337. The van der Waals surface area contributed by atoms with E-state index in [2.05, 4.69) is 17.2 Å². The van der Waals surface area contributed by atoms with E-state index in [1.54, 1.807) is 25.3 Å². The van der Waals surface area contributed by atoms with Gasteiger partial charge in [0.15, 0.2) is 5.82 Å². The molecule has 0 atom stereocenters.